The lowest BCUT2D eigenvalue weighted by Crippen LogP contribution is -2.29. The third-order valence-corrected chi connectivity index (χ3v) is 2.96. The van der Waals surface area contributed by atoms with Gasteiger partial charge in [0.25, 0.3) is 0 Å². The van der Waals surface area contributed by atoms with Crippen LogP contribution in [0.15, 0.2) is 6.20 Å². The van der Waals surface area contributed by atoms with Gasteiger partial charge in [-0.3, -0.25) is 4.79 Å². The Morgan fingerprint density at radius 1 is 1.35 bits per heavy atom. The number of Topliss-reactive ketones (excluding diaryl/α,β-unsaturated/α-hetero) is 1. The highest BCUT2D eigenvalue weighted by Crippen LogP contribution is 2.33. The van der Waals surface area contributed by atoms with E-state index in [9.17, 15) is 4.79 Å². The molecule has 4 nitrogen and oxygen atoms in total. The van der Waals surface area contributed by atoms with E-state index in [0.717, 1.165) is 17.9 Å². The lowest BCUT2D eigenvalue weighted by molar-refractivity contribution is 0.0909. The first-order valence-electron chi connectivity index (χ1n) is 5.90. The highest BCUT2D eigenvalue weighted by atomic mass is 16.1. The molecule has 1 aromatic rings. The smallest absolute Gasteiger partial charge is 0.166 e. The van der Waals surface area contributed by atoms with Crippen LogP contribution in [0.25, 0.3) is 0 Å². The third-order valence-electron chi connectivity index (χ3n) is 2.96. The summed E-state index contributed by atoms with van der Waals surface area (Å²) in [4.78, 5) is 22.8. The summed E-state index contributed by atoms with van der Waals surface area (Å²) in [5, 5.41) is 0. The zero-order valence-corrected chi connectivity index (χ0v) is 10.9. The number of rotatable bonds is 2. The Morgan fingerprint density at radius 2 is 2.06 bits per heavy atom. The Kier molecular flexibility index (Phi) is 3.00. The molecule has 17 heavy (non-hydrogen) atoms. The molecule has 1 aromatic heterocycles. The lowest BCUT2D eigenvalue weighted by Gasteiger charge is -2.29. The summed E-state index contributed by atoms with van der Waals surface area (Å²) in [6, 6.07) is 0. The van der Waals surface area contributed by atoms with Crippen molar-refractivity contribution in [2.24, 2.45) is 5.41 Å². The van der Waals surface area contributed by atoms with Crippen molar-refractivity contribution >= 4 is 5.78 Å². The first-order valence-corrected chi connectivity index (χ1v) is 5.90. The maximum atomic E-state index is 11.9. The zero-order chi connectivity index (χ0) is 12.6. The molecule has 0 atom stereocenters. The Labute approximate surface area is 102 Å². The van der Waals surface area contributed by atoms with Gasteiger partial charge in [0.15, 0.2) is 5.78 Å². The summed E-state index contributed by atoms with van der Waals surface area (Å²) in [6.45, 7) is 4.94. The lowest BCUT2D eigenvalue weighted by atomic mass is 9.76. The van der Waals surface area contributed by atoms with Crippen molar-refractivity contribution in [3.63, 3.8) is 0 Å². The van der Waals surface area contributed by atoms with Crippen molar-refractivity contribution in [1.82, 2.24) is 14.9 Å². The Morgan fingerprint density at radius 3 is 2.71 bits per heavy atom. The standard InChI is InChI=1S/C13H19N3O/c1-13(2)5-10-9(11(17)6-13)7-14-12(15-10)8-16(3)4/h7H,5-6,8H2,1-4H3. The average molecular weight is 233 g/mol. The second-order valence-corrected chi connectivity index (χ2v) is 5.83. The summed E-state index contributed by atoms with van der Waals surface area (Å²) in [5.41, 5.74) is 1.65. The summed E-state index contributed by atoms with van der Waals surface area (Å²) in [5.74, 6) is 0.965. The highest BCUT2D eigenvalue weighted by molar-refractivity contribution is 5.98. The molecule has 1 heterocycles. The second-order valence-electron chi connectivity index (χ2n) is 5.83. The predicted octanol–water partition coefficient (Wildman–Crippen LogP) is 1.69. The monoisotopic (exact) mass is 233 g/mol. The quantitative estimate of drug-likeness (QED) is 0.780. The van der Waals surface area contributed by atoms with Crippen LogP contribution in [0.1, 0.15) is 42.1 Å². The first kappa shape index (κ1) is 12.2. The van der Waals surface area contributed by atoms with Gasteiger partial charge in [0.2, 0.25) is 0 Å². The number of hydrogen-bond donors (Lipinski definition) is 0. The number of ketones is 1. The molecule has 0 N–H and O–H groups in total. The van der Waals surface area contributed by atoms with Crippen LogP contribution in [-0.4, -0.2) is 34.7 Å². The van der Waals surface area contributed by atoms with E-state index in [4.69, 9.17) is 0 Å². The molecule has 92 valence electrons. The molecule has 1 aliphatic rings. The van der Waals surface area contributed by atoms with Gasteiger partial charge < -0.3 is 4.90 Å². The molecule has 0 saturated heterocycles. The predicted molar refractivity (Wildman–Crippen MR) is 65.9 cm³/mol. The molecule has 2 rings (SSSR count). The molecule has 0 aliphatic heterocycles. The molecule has 1 aliphatic carbocycles. The fourth-order valence-electron chi connectivity index (χ4n) is 2.23. The van der Waals surface area contributed by atoms with Crippen molar-refractivity contribution in [3.8, 4) is 0 Å². The van der Waals surface area contributed by atoms with Crippen LogP contribution >= 0.6 is 0 Å². The normalized spacial score (nSPS) is 18.3. The summed E-state index contributed by atoms with van der Waals surface area (Å²) in [7, 11) is 3.97. The van der Waals surface area contributed by atoms with E-state index in [2.05, 4.69) is 23.8 Å². The summed E-state index contributed by atoms with van der Waals surface area (Å²) >= 11 is 0. The number of aromatic nitrogens is 2. The van der Waals surface area contributed by atoms with Crippen molar-refractivity contribution in [3.05, 3.63) is 23.3 Å². The van der Waals surface area contributed by atoms with Crippen molar-refractivity contribution in [2.75, 3.05) is 14.1 Å². The second kappa shape index (κ2) is 4.18. The van der Waals surface area contributed by atoms with Crippen LogP contribution in [0.5, 0.6) is 0 Å². The van der Waals surface area contributed by atoms with Crippen LogP contribution in [0.4, 0.5) is 0 Å². The largest absolute Gasteiger partial charge is 0.302 e. The molecular weight excluding hydrogens is 214 g/mol. The zero-order valence-electron chi connectivity index (χ0n) is 10.9. The van der Waals surface area contributed by atoms with E-state index in [1.807, 2.05) is 19.0 Å². The van der Waals surface area contributed by atoms with Gasteiger partial charge in [0, 0.05) is 12.6 Å². The van der Waals surface area contributed by atoms with Crippen molar-refractivity contribution < 1.29 is 4.79 Å². The van der Waals surface area contributed by atoms with Gasteiger partial charge in [0.1, 0.15) is 5.82 Å². The summed E-state index contributed by atoms with van der Waals surface area (Å²) < 4.78 is 0. The highest BCUT2D eigenvalue weighted by Gasteiger charge is 2.32. The number of nitrogens with zero attached hydrogens (tertiary/aromatic N) is 3. The minimum Gasteiger partial charge on any atom is -0.302 e. The van der Waals surface area contributed by atoms with E-state index in [-0.39, 0.29) is 11.2 Å². The van der Waals surface area contributed by atoms with Crippen LogP contribution < -0.4 is 0 Å². The molecule has 0 aromatic carbocycles. The molecule has 0 saturated carbocycles. The molecule has 0 fully saturated rings. The van der Waals surface area contributed by atoms with Gasteiger partial charge in [-0.1, -0.05) is 13.8 Å². The van der Waals surface area contributed by atoms with Gasteiger partial charge in [0.05, 0.1) is 17.8 Å². The molecule has 0 amide bonds. The fourth-order valence-corrected chi connectivity index (χ4v) is 2.23. The summed E-state index contributed by atoms with van der Waals surface area (Å²) in [6.07, 6.45) is 3.14. The molecule has 0 spiro atoms. The van der Waals surface area contributed by atoms with Gasteiger partial charge >= 0.3 is 0 Å². The van der Waals surface area contributed by atoms with Crippen LogP contribution in [0.3, 0.4) is 0 Å². The van der Waals surface area contributed by atoms with Gasteiger partial charge in [-0.2, -0.15) is 0 Å². The fraction of sp³-hybridized carbons (Fsp3) is 0.615. The maximum Gasteiger partial charge on any atom is 0.166 e. The Balaban J connectivity index is 2.35. The topological polar surface area (TPSA) is 46.1 Å². The molecular formula is C13H19N3O. The van der Waals surface area contributed by atoms with Crippen LogP contribution in [-0.2, 0) is 13.0 Å². The maximum absolute atomic E-state index is 11.9. The van der Waals surface area contributed by atoms with E-state index in [0.29, 0.717) is 18.5 Å². The number of fused-ring (bicyclic) bond motifs is 1. The number of hydrogen-bond acceptors (Lipinski definition) is 4. The number of carbonyl (C=O) groups is 1. The van der Waals surface area contributed by atoms with E-state index < -0.39 is 0 Å². The van der Waals surface area contributed by atoms with Gasteiger partial charge in [-0.15, -0.1) is 0 Å². The van der Waals surface area contributed by atoms with E-state index >= 15 is 0 Å². The van der Waals surface area contributed by atoms with Crippen molar-refractivity contribution in [2.45, 2.75) is 33.2 Å². The average Bonchev–Trinajstić information content (AvgIpc) is 2.13. The van der Waals surface area contributed by atoms with Gasteiger partial charge in [-0.25, -0.2) is 9.97 Å². The number of carbonyl (C=O) groups excluding carboxylic acids is 1. The Bertz CT molecular complexity index is 452. The van der Waals surface area contributed by atoms with E-state index in [1.165, 1.54) is 0 Å². The molecule has 0 radical (unpaired) electrons. The van der Waals surface area contributed by atoms with Crippen LogP contribution in [0, 0.1) is 5.41 Å². The molecule has 0 unspecified atom stereocenters. The SMILES string of the molecule is CN(C)Cc1ncc2c(n1)CC(C)(C)CC2=O. The minimum atomic E-state index is 0.0216. The van der Waals surface area contributed by atoms with Crippen LogP contribution in [0.2, 0.25) is 0 Å². The molecule has 0 bridgehead atoms. The molecule has 4 heteroatoms. The first-order chi connectivity index (χ1) is 7.87. The minimum absolute atomic E-state index is 0.0216. The van der Waals surface area contributed by atoms with Gasteiger partial charge in [-0.05, 0) is 25.9 Å². The van der Waals surface area contributed by atoms with Crippen molar-refractivity contribution in [1.29, 1.82) is 0 Å². The third kappa shape index (κ3) is 2.69. The van der Waals surface area contributed by atoms with E-state index in [1.54, 1.807) is 6.20 Å². The Hall–Kier alpha value is -1.29.